The molecule has 0 aliphatic carbocycles. The van der Waals surface area contributed by atoms with Crippen LogP contribution in [0.1, 0.15) is 37.3 Å². The summed E-state index contributed by atoms with van der Waals surface area (Å²) in [5, 5.41) is 2.94. The van der Waals surface area contributed by atoms with E-state index in [-0.39, 0.29) is 19.1 Å². The molecule has 1 atom stereocenters. The third kappa shape index (κ3) is 4.39. The Morgan fingerprint density at radius 3 is 2.59 bits per heavy atom. The van der Waals surface area contributed by atoms with Crippen LogP contribution < -0.4 is 15.8 Å². The summed E-state index contributed by atoms with van der Waals surface area (Å²) in [6.07, 6.45) is 2.26. The number of imide groups is 1. The minimum Gasteiger partial charge on any atom is -0.484 e. The van der Waals surface area contributed by atoms with Crippen molar-refractivity contribution in [2.75, 3.05) is 6.61 Å². The van der Waals surface area contributed by atoms with Crippen LogP contribution in [0, 0.1) is 0 Å². The van der Waals surface area contributed by atoms with E-state index in [4.69, 9.17) is 10.5 Å². The number of nitrogens with one attached hydrogen (secondary N) is 1. The van der Waals surface area contributed by atoms with Crippen molar-refractivity contribution in [3.63, 3.8) is 0 Å². The van der Waals surface area contributed by atoms with Crippen molar-refractivity contribution in [1.29, 1.82) is 0 Å². The lowest BCUT2D eigenvalue weighted by atomic mass is 9.85. The number of benzene rings is 2. The Kier molecular flexibility index (Phi) is 6.16. The van der Waals surface area contributed by atoms with Gasteiger partial charge in [0.1, 0.15) is 11.3 Å². The Morgan fingerprint density at radius 2 is 1.90 bits per heavy atom. The molecule has 3 rings (SSSR count). The Morgan fingerprint density at radius 1 is 1.14 bits per heavy atom. The Hall–Kier alpha value is -3.35. The topological polar surface area (TPSA) is 102 Å². The maximum absolute atomic E-state index is 13.4. The zero-order valence-electron chi connectivity index (χ0n) is 16.4. The van der Waals surface area contributed by atoms with E-state index in [1.165, 1.54) is 4.90 Å². The van der Waals surface area contributed by atoms with E-state index in [0.29, 0.717) is 12.2 Å². The highest BCUT2D eigenvalue weighted by molar-refractivity contribution is 6.07. The number of hydrogen-bond donors (Lipinski definition) is 2. The number of primary amides is 1. The number of ether oxygens (including phenoxy) is 1. The van der Waals surface area contributed by atoms with Gasteiger partial charge < -0.3 is 15.8 Å². The van der Waals surface area contributed by atoms with Gasteiger partial charge in [-0.1, -0.05) is 62.2 Å². The number of nitrogens with two attached hydrogens (primary N) is 1. The summed E-state index contributed by atoms with van der Waals surface area (Å²) in [5.74, 6) is -0.382. The normalized spacial score (nSPS) is 18.6. The molecule has 0 aromatic heterocycles. The lowest BCUT2D eigenvalue weighted by molar-refractivity contribution is -0.132. The van der Waals surface area contributed by atoms with E-state index in [0.717, 1.165) is 24.0 Å². The van der Waals surface area contributed by atoms with Gasteiger partial charge >= 0.3 is 6.03 Å². The summed E-state index contributed by atoms with van der Waals surface area (Å²) in [4.78, 5) is 38.3. The zero-order valence-corrected chi connectivity index (χ0v) is 16.4. The summed E-state index contributed by atoms with van der Waals surface area (Å²) in [6.45, 7) is 1.93. The van der Waals surface area contributed by atoms with Crippen LogP contribution in [0.4, 0.5) is 4.79 Å². The molecule has 1 unspecified atom stereocenters. The predicted octanol–water partition coefficient (Wildman–Crippen LogP) is 2.69. The van der Waals surface area contributed by atoms with Crippen LogP contribution in [0.5, 0.6) is 5.75 Å². The number of urea groups is 1. The van der Waals surface area contributed by atoms with E-state index in [2.05, 4.69) is 12.2 Å². The van der Waals surface area contributed by atoms with E-state index < -0.39 is 17.5 Å². The number of amides is 4. The second kappa shape index (κ2) is 8.77. The molecule has 0 spiro atoms. The first-order valence-electron chi connectivity index (χ1n) is 9.66. The molecule has 2 aromatic carbocycles. The van der Waals surface area contributed by atoms with Crippen molar-refractivity contribution >= 4 is 17.8 Å². The zero-order chi connectivity index (χ0) is 20.9. The Balaban J connectivity index is 1.84. The molecular formula is C22H25N3O4. The van der Waals surface area contributed by atoms with E-state index in [9.17, 15) is 14.4 Å². The second-order valence-corrected chi connectivity index (χ2v) is 7.10. The fourth-order valence-electron chi connectivity index (χ4n) is 3.51. The minimum absolute atomic E-state index is 0.110. The van der Waals surface area contributed by atoms with Crippen molar-refractivity contribution < 1.29 is 19.1 Å². The third-order valence-electron chi connectivity index (χ3n) is 4.97. The van der Waals surface area contributed by atoms with Gasteiger partial charge in [0.05, 0.1) is 6.54 Å². The Labute approximate surface area is 169 Å². The van der Waals surface area contributed by atoms with Gasteiger partial charge in [-0.3, -0.25) is 14.5 Å². The molecule has 3 N–H and O–H groups in total. The van der Waals surface area contributed by atoms with Crippen molar-refractivity contribution in [2.45, 2.75) is 38.3 Å². The molecule has 0 saturated carbocycles. The maximum atomic E-state index is 13.4. The number of carbonyl (C=O) groups is 3. The van der Waals surface area contributed by atoms with Gasteiger partial charge in [0.15, 0.2) is 6.61 Å². The molecule has 29 heavy (non-hydrogen) atoms. The molecule has 2 aromatic rings. The third-order valence-corrected chi connectivity index (χ3v) is 4.97. The fraction of sp³-hybridized carbons (Fsp3) is 0.318. The summed E-state index contributed by atoms with van der Waals surface area (Å²) >= 11 is 0. The van der Waals surface area contributed by atoms with Crippen LogP contribution in [-0.2, 0) is 21.7 Å². The first-order chi connectivity index (χ1) is 14.0. The van der Waals surface area contributed by atoms with E-state index in [1.54, 1.807) is 24.3 Å². The summed E-state index contributed by atoms with van der Waals surface area (Å²) in [7, 11) is 0. The lowest BCUT2D eigenvalue weighted by Crippen LogP contribution is -2.44. The van der Waals surface area contributed by atoms with Gasteiger partial charge in [0.2, 0.25) is 0 Å². The first kappa shape index (κ1) is 20.4. The number of unbranched alkanes of at least 4 members (excludes halogenated alkanes) is 1. The summed E-state index contributed by atoms with van der Waals surface area (Å²) < 4.78 is 5.31. The van der Waals surface area contributed by atoms with Crippen LogP contribution >= 0.6 is 0 Å². The highest BCUT2D eigenvalue weighted by Crippen LogP contribution is 2.35. The summed E-state index contributed by atoms with van der Waals surface area (Å²) in [5.41, 5.74) is 5.56. The number of rotatable bonds is 9. The van der Waals surface area contributed by atoms with Gasteiger partial charge in [-0.2, -0.15) is 0 Å². The quantitative estimate of drug-likeness (QED) is 0.637. The van der Waals surface area contributed by atoms with Crippen LogP contribution in [0.15, 0.2) is 54.6 Å². The fourth-order valence-corrected chi connectivity index (χ4v) is 3.51. The van der Waals surface area contributed by atoms with Gasteiger partial charge in [-0.05, 0) is 29.7 Å². The SMILES string of the molecule is CCCCC1(c2ccccc2)NC(=O)N(Cc2cccc(OCC(N)=O)c2)C1=O. The monoisotopic (exact) mass is 395 g/mol. The number of hydrogen-bond acceptors (Lipinski definition) is 4. The van der Waals surface area contributed by atoms with E-state index >= 15 is 0 Å². The van der Waals surface area contributed by atoms with Crippen LogP contribution in [-0.4, -0.2) is 29.4 Å². The van der Waals surface area contributed by atoms with Crippen molar-refractivity contribution in [2.24, 2.45) is 5.73 Å². The van der Waals surface area contributed by atoms with Crippen molar-refractivity contribution in [3.8, 4) is 5.75 Å². The largest absolute Gasteiger partial charge is 0.484 e. The van der Waals surface area contributed by atoms with Gasteiger partial charge in [0, 0.05) is 0 Å². The maximum Gasteiger partial charge on any atom is 0.325 e. The molecule has 7 nitrogen and oxygen atoms in total. The molecule has 7 heteroatoms. The van der Waals surface area contributed by atoms with Crippen LogP contribution in [0.3, 0.4) is 0 Å². The summed E-state index contributed by atoms with van der Waals surface area (Å²) in [6, 6.07) is 15.9. The predicted molar refractivity (Wildman–Crippen MR) is 108 cm³/mol. The Bertz CT molecular complexity index is 900. The smallest absolute Gasteiger partial charge is 0.325 e. The molecule has 1 aliphatic heterocycles. The molecule has 1 heterocycles. The lowest BCUT2D eigenvalue weighted by Gasteiger charge is -2.27. The molecule has 1 aliphatic rings. The molecule has 152 valence electrons. The molecule has 1 fully saturated rings. The highest BCUT2D eigenvalue weighted by Gasteiger charge is 2.51. The van der Waals surface area contributed by atoms with Gasteiger partial charge in [-0.15, -0.1) is 0 Å². The van der Waals surface area contributed by atoms with Crippen LogP contribution in [0.2, 0.25) is 0 Å². The molecule has 0 bridgehead atoms. The second-order valence-electron chi connectivity index (χ2n) is 7.10. The van der Waals surface area contributed by atoms with Gasteiger partial charge in [-0.25, -0.2) is 4.79 Å². The van der Waals surface area contributed by atoms with E-state index in [1.807, 2.05) is 30.3 Å². The average Bonchev–Trinajstić information content (AvgIpc) is 2.97. The van der Waals surface area contributed by atoms with Crippen molar-refractivity contribution in [3.05, 3.63) is 65.7 Å². The molecule has 1 saturated heterocycles. The van der Waals surface area contributed by atoms with Crippen molar-refractivity contribution in [1.82, 2.24) is 10.2 Å². The van der Waals surface area contributed by atoms with Crippen LogP contribution in [0.25, 0.3) is 0 Å². The number of nitrogens with zero attached hydrogens (tertiary/aromatic N) is 1. The molecule has 4 amide bonds. The standard InChI is InChI=1S/C22H25N3O4/c1-2-3-12-22(17-9-5-4-6-10-17)20(27)25(21(28)24-22)14-16-8-7-11-18(13-16)29-15-19(23)26/h4-11,13H,2-3,12,14-15H2,1H3,(H2,23,26)(H,24,28). The average molecular weight is 395 g/mol. The molecular weight excluding hydrogens is 370 g/mol. The first-order valence-corrected chi connectivity index (χ1v) is 9.66. The molecule has 0 radical (unpaired) electrons. The number of carbonyl (C=O) groups excluding carboxylic acids is 3. The highest BCUT2D eigenvalue weighted by atomic mass is 16.5. The minimum atomic E-state index is -1.05. The van der Waals surface area contributed by atoms with Gasteiger partial charge in [0.25, 0.3) is 11.8 Å².